The molecule has 156 valence electrons. The van der Waals surface area contributed by atoms with Gasteiger partial charge in [-0.25, -0.2) is 4.79 Å². The number of Topliss-reactive ketones (excluding diaryl/α,β-unsaturated/α-hetero) is 1. The molecule has 31 heavy (non-hydrogen) atoms. The summed E-state index contributed by atoms with van der Waals surface area (Å²) in [5, 5.41) is 11.7. The van der Waals surface area contributed by atoms with Gasteiger partial charge in [-0.2, -0.15) is 0 Å². The van der Waals surface area contributed by atoms with Crippen LogP contribution >= 0.6 is 0 Å². The van der Waals surface area contributed by atoms with E-state index in [0.29, 0.717) is 23.1 Å². The largest absolute Gasteiger partial charge is 0.462 e. The summed E-state index contributed by atoms with van der Waals surface area (Å²) in [5.41, 5.74) is 0.130. The summed E-state index contributed by atoms with van der Waals surface area (Å²) < 4.78 is 5.58. The zero-order chi connectivity index (χ0) is 21.7. The van der Waals surface area contributed by atoms with Gasteiger partial charge in [0.25, 0.3) is 0 Å². The van der Waals surface area contributed by atoms with Crippen molar-refractivity contribution in [2.24, 2.45) is 11.8 Å². The highest BCUT2D eigenvalue weighted by Gasteiger charge is 2.47. The maximum absolute atomic E-state index is 13.6. The van der Waals surface area contributed by atoms with Crippen molar-refractivity contribution in [1.29, 1.82) is 0 Å². The van der Waals surface area contributed by atoms with E-state index in [9.17, 15) is 14.7 Å². The maximum Gasteiger partial charge on any atom is 0.338 e. The molecular formula is C27H24O4. The molecule has 0 spiro atoms. The van der Waals surface area contributed by atoms with Gasteiger partial charge in [0.15, 0.2) is 5.78 Å². The smallest absolute Gasteiger partial charge is 0.338 e. The number of carbonyl (C=O) groups excluding carboxylic acids is 2. The van der Waals surface area contributed by atoms with Crippen molar-refractivity contribution in [3.63, 3.8) is 0 Å². The third kappa shape index (κ3) is 4.35. The first kappa shape index (κ1) is 20.8. The minimum Gasteiger partial charge on any atom is -0.462 e. The molecule has 0 saturated heterocycles. The van der Waals surface area contributed by atoms with Crippen LogP contribution in [0.5, 0.6) is 0 Å². The van der Waals surface area contributed by atoms with E-state index in [-0.39, 0.29) is 18.3 Å². The molecule has 1 aliphatic carbocycles. The molecule has 0 saturated carbocycles. The van der Waals surface area contributed by atoms with Crippen LogP contribution in [-0.2, 0) is 10.3 Å². The molecule has 0 heterocycles. The fourth-order valence-corrected chi connectivity index (χ4v) is 4.20. The Bertz CT molecular complexity index is 1060. The highest BCUT2D eigenvalue weighted by Crippen LogP contribution is 2.43. The normalized spacial score (nSPS) is 22.6. The number of ether oxygens (including phenoxy) is 1. The summed E-state index contributed by atoms with van der Waals surface area (Å²) in [4.78, 5) is 26.1. The molecule has 3 aromatic rings. The highest BCUT2D eigenvalue weighted by molar-refractivity contribution is 5.99. The molecule has 1 aliphatic rings. The molecule has 0 unspecified atom stereocenters. The molecule has 4 rings (SSSR count). The van der Waals surface area contributed by atoms with Crippen LogP contribution in [-0.4, -0.2) is 23.5 Å². The van der Waals surface area contributed by atoms with Gasteiger partial charge >= 0.3 is 5.97 Å². The Balaban J connectivity index is 1.66. The van der Waals surface area contributed by atoms with Crippen molar-refractivity contribution in [3.05, 3.63) is 120 Å². The first-order chi connectivity index (χ1) is 15.1. The predicted molar refractivity (Wildman–Crippen MR) is 119 cm³/mol. The van der Waals surface area contributed by atoms with Gasteiger partial charge in [0, 0.05) is 11.5 Å². The van der Waals surface area contributed by atoms with Gasteiger partial charge in [-0.1, -0.05) is 91.0 Å². The number of allylic oxidation sites excluding steroid dienone is 1. The summed E-state index contributed by atoms with van der Waals surface area (Å²) in [6, 6.07) is 26.9. The number of hydrogen-bond acceptors (Lipinski definition) is 4. The molecule has 4 nitrogen and oxygen atoms in total. The average Bonchev–Trinajstić information content (AvgIpc) is 2.84. The molecule has 0 bridgehead atoms. The Kier molecular flexibility index (Phi) is 6.10. The fraction of sp³-hybridized carbons (Fsp3) is 0.185. The maximum atomic E-state index is 13.6. The van der Waals surface area contributed by atoms with Crippen molar-refractivity contribution in [2.75, 3.05) is 6.61 Å². The second-order valence-corrected chi connectivity index (χ2v) is 7.76. The van der Waals surface area contributed by atoms with E-state index in [1.54, 1.807) is 54.6 Å². The van der Waals surface area contributed by atoms with Gasteiger partial charge in [0.05, 0.1) is 18.1 Å². The van der Waals surface area contributed by atoms with Crippen molar-refractivity contribution < 1.29 is 19.4 Å². The summed E-state index contributed by atoms with van der Waals surface area (Å²) in [6.45, 7) is 0.0381. The van der Waals surface area contributed by atoms with Crippen LogP contribution in [0.15, 0.2) is 103 Å². The number of ketones is 1. The van der Waals surface area contributed by atoms with Gasteiger partial charge in [0.1, 0.15) is 5.60 Å². The zero-order valence-corrected chi connectivity index (χ0v) is 17.1. The van der Waals surface area contributed by atoms with E-state index >= 15 is 0 Å². The quantitative estimate of drug-likeness (QED) is 0.359. The van der Waals surface area contributed by atoms with E-state index in [4.69, 9.17) is 4.74 Å². The van der Waals surface area contributed by atoms with Crippen LogP contribution in [0.1, 0.15) is 32.7 Å². The second-order valence-electron chi connectivity index (χ2n) is 7.76. The third-order valence-electron chi connectivity index (χ3n) is 5.77. The Labute approximate surface area is 181 Å². The monoisotopic (exact) mass is 412 g/mol. The lowest BCUT2D eigenvalue weighted by Gasteiger charge is -2.40. The molecule has 3 atom stereocenters. The minimum atomic E-state index is -1.49. The molecular weight excluding hydrogens is 388 g/mol. The van der Waals surface area contributed by atoms with E-state index in [1.165, 1.54) is 0 Å². The Morgan fingerprint density at radius 3 is 2.00 bits per heavy atom. The Morgan fingerprint density at radius 2 is 1.39 bits per heavy atom. The summed E-state index contributed by atoms with van der Waals surface area (Å²) in [7, 11) is 0. The SMILES string of the molecule is O=C(OC[C@@H]1CC=C[C@](O)(c2ccccc2)[C@H]1C(=O)c1ccccc1)c1ccccc1. The van der Waals surface area contributed by atoms with Crippen LogP contribution in [0.3, 0.4) is 0 Å². The van der Waals surface area contributed by atoms with Crippen LogP contribution in [0, 0.1) is 11.8 Å². The molecule has 0 fully saturated rings. The van der Waals surface area contributed by atoms with Gasteiger partial charge in [-0.15, -0.1) is 0 Å². The van der Waals surface area contributed by atoms with Crippen LogP contribution in [0.2, 0.25) is 0 Å². The summed E-state index contributed by atoms with van der Waals surface area (Å²) in [5.74, 6) is -1.76. The number of esters is 1. The van der Waals surface area contributed by atoms with Crippen LogP contribution < -0.4 is 0 Å². The lowest BCUT2D eigenvalue weighted by Crippen LogP contribution is -2.46. The van der Waals surface area contributed by atoms with Crippen molar-refractivity contribution in [1.82, 2.24) is 0 Å². The van der Waals surface area contributed by atoms with E-state index in [2.05, 4.69) is 0 Å². The molecule has 3 aromatic carbocycles. The fourth-order valence-electron chi connectivity index (χ4n) is 4.20. The lowest BCUT2D eigenvalue weighted by atomic mass is 9.67. The number of hydrogen-bond donors (Lipinski definition) is 1. The number of aliphatic hydroxyl groups is 1. The van der Waals surface area contributed by atoms with Gasteiger partial charge in [-0.3, -0.25) is 4.79 Å². The van der Waals surface area contributed by atoms with Gasteiger partial charge in [0.2, 0.25) is 0 Å². The first-order valence-corrected chi connectivity index (χ1v) is 10.4. The molecule has 0 aliphatic heterocycles. The number of carbonyl (C=O) groups is 2. The Hall–Kier alpha value is -3.50. The standard InChI is InChI=1S/C27H24O4/c28-25(20-11-4-1-5-12-20)24-22(19-31-26(29)21-13-6-2-7-14-21)15-10-18-27(24,30)23-16-8-3-9-17-23/h1-14,16-18,22,24,30H,15,19H2/t22-,24+,27-/m0/s1. The molecule has 0 aromatic heterocycles. The zero-order valence-electron chi connectivity index (χ0n) is 17.1. The minimum absolute atomic E-state index is 0.0381. The lowest BCUT2D eigenvalue weighted by molar-refractivity contribution is -0.0212. The van der Waals surface area contributed by atoms with Crippen LogP contribution in [0.4, 0.5) is 0 Å². The van der Waals surface area contributed by atoms with Crippen molar-refractivity contribution >= 4 is 11.8 Å². The Morgan fingerprint density at radius 1 is 0.839 bits per heavy atom. The van der Waals surface area contributed by atoms with Crippen molar-refractivity contribution in [3.8, 4) is 0 Å². The van der Waals surface area contributed by atoms with Crippen molar-refractivity contribution in [2.45, 2.75) is 12.0 Å². The molecule has 0 radical (unpaired) electrons. The van der Waals surface area contributed by atoms with E-state index in [1.807, 2.05) is 48.5 Å². The molecule has 4 heteroatoms. The van der Waals surface area contributed by atoms with E-state index in [0.717, 1.165) is 0 Å². The number of benzene rings is 3. The summed E-state index contributed by atoms with van der Waals surface area (Å²) >= 11 is 0. The van der Waals surface area contributed by atoms with Gasteiger partial charge < -0.3 is 9.84 Å². The molecule has 0 amide bonds. The summed E-state index contributed by atoms with van der Waals surface area (Å²) in [6.07, 6.45) is 4.09. The van der Waals surface area contributed by atoms with E-state index < -0.39 is 17.5 Å². The average molecular weight is 412 g/mol. The molecule has 1 N–H and O–H groups in total. The highest BCUT2D eigenvalue weighted by atomic mass is 16.5. The van der Waals surface area contributed by atoms with Gasteiger partial charge in [-0.05, 0) is 24.1 Å². The predicted octanol–water partition coefficient (Wildman–Crippen LogP) is 4.81. The first-order valence-electron chi connectivity index (χ1n) is 10.4. The second kappa shape index (κ2) is 9.11. The number of rotatable bonds is 6. The topological polar surface area (TPSA) is 63.6 Å². The third-order valence-corrected chi connectivity index (χ3v) is 5.77. The van der Waals surface area contributed by atoms with Crippen LogP contribution in [0.25, 0.3) is 0 Å².